The van der Waals surface area contributed by atoms with E-state index in [0.717, 1.165) is 11.0 Å². The Morgan fingerprint density at radius 3 is 2.50 bits per heavy atom. The van der Waals surface area contributed by atoms with Crippen LogP contribution in [0.4, 0.5) is 0 Å². The second kappa shape index (κ2) is 4.34. The highest BCUT2D eigenvalue weighted by Crippen LogP contribution is 1.90. The SMILES string of the molecule is Cc1cc[n+](CC=CS(=O)(=O)O)cc1. The molecule has 0 fully saturated rings. The molecule has 0 saturated heterocycles. The van der Waals surface area contributed by atoms with Crippen LogP contribution in [0.2, 0.25) is 0 Å². The van der Waals surface area contributed by atoms with Gasteiger partial charge in [0.25, 0.3) is 10.1 Å². The van der Waals surface area contributed by atoms with Crippen molar-refractivity contribution in [1.29, 1.82) is 0 Å². The molecule has 1 aromatic heterocycles. The summed E-state index contributed by atoms with van der Waals surface area (Å²) in [7, 11) is -4.00. The third-order valence-corrected chi connectivity index (χ3v) is 2.18. The van der Waals surface area contributed by atoms with Crippen LogP contribution >= 0.6 is 0 Å². The van der Waals surface area contributed by atoms with Gasteiger partial charge in [0.2, 0.25) is 0 Å². The minimum Gasteiger partial charge on any atom is -0.282 e. The van der Waals surface area contributed by atoms with E-state index in [4.69, 9.17) is 4.55 Å². The number of nitrogens with zero attached hydrogens (tertiary/aromatic N) is 1. The highest BCUT2D eigenvalue weighted by molar-refractivity contribution is 7.88. The molecule has 0 aliphatic rings. The Labute approximate surface area is 83.3 Å². The summed E-state index contributed by atoms with van der Waals surface area (Å²) in [5.41, 5.74) is 1.14. The molecule has 1 heterocycles. The van der Waals surface area contributed by atoms with Gasteiger partial charge in [-0.1, -0.05) is 0 Å². The van der Waals surface area contributed by atoms with Gasteiger partial charge in [-0.3, -0.25) is 4.55 Å². The first-order valence-electron chi connectivity index (χ1n) is 4.07. The van der Waals surface area contributed by atoms with Crippen LogP contribution in [0.1, 0.15) is 5.56 Å². The maximum atomic E-state index is 10.3. The molecule has 0 spiro atoms. The topological polar surface area (TPSA) is 58.2 Å². The average Bonchev–Trinajstić information content (AvgIpc) is 2.06. The van der Waals surface area contributed by atoms with E-state index in [-0.39, 0.29) is 0 Å². The summed E-state index contributed by atoms with van der Waals surface area (Å²) in [5, 5.41) is 0.778. The lowest BCUT2D eigenvalue weighted by atomic mass is 10.3. The van der Waals surface area contributed by atoms with E-state index >= 15 is 0 Å². The smallest absolute Gasteiger partial charge is 0.282 e. The fourth-order valence-electron chi connectivity index (χ4n) is 0.940. The second-order valence-electron chi connectivity index (χ2n) is 2.96. The molecule has 1 rings (SSSR count). The summed E-state index contributed by atoms with van der Waals surface area (Å²) in [6.45, 7) is 2.39. The molecule has 5 heteroatoms. The maximum absolute atomic E-state index is 10.3. The zero-order valence-corrected chi connectivity index (χ0v) is 8.61. The van der Waals surface area contributed by atoms with Crippen LogP contribution in [0.5, 0.6) is 0 Å². The molecule has 1 aromatic rings. The number of hydrogen-bond acceptors (Lipinski definition) is 2. The first-order chi connectivity index (χ1) is 6.47. The first kappa shape index (κ1) is 10.9. The number of rotatable bonds is 3. The molecule has 4 nitrogen and oxygen atoms in total. The van der Waals surface area contributed by atoms with Crippen molar-refractivity contribution in [1.82, 2.24) is 0 Å². The van der Waals surface area contributed by atoms with Crippen molar-refractivity contribution in [2.45, 2.75) is 13.5 Å². The molecule has 0 unspecified atom stereocenters. The van der Waals surface area contributed by atoms with Gasteiger partial charge < -0.3 is 0 Å². The number of pyridine rings is 1. The van der Waals surface area contributed by atoms with Crippen LogP contribution in [0.3, 0.4) is 0 Å². The summed E-state index contributed by atoms with van der Waals surface area (Å²) in [6, 6.07) is 3.84. The van der Waals surface area contributed by atoms with Gasteiger partial charge in [0.1, 0.15) is 0 Å². The van der Waals surface area contributed by atoms with E-state index in [0.29, 0.717) is 6.54 Å². The Bertz CT molecular complexity index is 420. The number of aryl methyl sites for hydroxylation is 1. The largest absolute Gasteiger partial charge is 0.287 e. The molecule has 0 amide bonds. The molecular weight excluding hydrogens is 202 g/mol. The van der Waals surface area contributed by atoms with Gasteiger partial charge in [-0.25, -0.2) is 4.57 Å². The van der Waals surface area contributed by atoms with E-state index in [1.165, 1.54) is 6.08 Å². The fraction of sp³-hybridized carbons (Fsp3) is 0.222. The Morgan fingerprint density at radius 2 is 2.00 bits per heavy atom. The summed E-state index contributed by atoms with van der Waals surface area (Å²) >= 11 is 0. The summed E-state index contributed by atoms with van der Waals surface area (Å²) in [6.07, 6.45) is 5.05. The van der Waals surface area contributed by atoms with Gasteiger partial charge in [-0.2, -0.15) is 8.42 Å². The molecule has 0 saturated carbocycles. The molecule has 76 valence electrons. The maximum Gasteiger partial charge on any atom is 0.287 e. The van der Waals surface area contributed by atoms with E-state index in [1.807, 2.05) is 31.5 Å². The van der Waals surface area contributed by atoms with Crippen LogP contribution in [-0.4, -0.2) is 13.0 Å². The normalized spacial score (nSPS) is 12.1. The lowest BCUT2D eigenvalue weighted by molar-refractivity contribution is -0.687. The molecular formula is C9H12NO3S+. The van der Waals surface area contributed by atoms with Gasteiger partial charge in [0.05, 0.1) is 5.41 Å². The Hall–Kier alpha value is -1.20. The zero-order chi connectivity index (χ0) is 10.6. The predicted octanol–water partition coefficient (Wildman–Crippen LogP) is 0.684. The van der Waals surface area contributed by atoms with Crippen molar-refractivity contribution in [2.75, 3.05) is 0 Å². The number of allylic oxidation sites excluding steroid dienone is 1. The zero-order valence-electron chi connectivity index (χ0n) is 7.79. The standard InChI is InChI=1S/C9H11NO3S/c1-9-3-6-10(7-4-9)5-2-8-14(11,12)13/h2-4,6-8H,5H2,1H3/p+1. The minimum absolute atomic E-state index is 0.417. The van der Waals surface area contributed by atoms with Gasteiger partial charge >= 0.3 is 0 Å². The Kier molecular flexibility index (Phi) is 3.38. The van der Waals surface area contributed by atoms with Crippen molar-refractivity contribution < 1.29 is 17.5 Å². The molecule has 0 aromatic carbocycles. The van der Waals surface area contributed by atoms with Gasteiger partial charge in [0.15, 0.2) is 18.9 Å². The van der Waals surface area contributed by atoms with Gasteiger partial charge in [-0.15, -0.1) is 0 Å². The third kappa shape index (κ3) is 4.15. The Morgan fingerprint density at radius 1 is 1.43 bits per heavy atom. The summed E-state index contributed by atoms with van der Waals surface area (Å²) in [4.78, 5) is 0. The van der Waals surface area contributed by atoms with Crippen LogP contribution in [0.15, 0.2) is 36.0 Å². The Balaban J connectivity index is 2.63. The van der Waals surface area contributed by atoms with E-state index in [9.17, 15) is 8.42 Å². The molecule has 1 N–H and O–H groups in total. The quantitative estimate of drug-likeness (QED) is 0.594. The minimum atomic E-state index is -4.00. The highest BCUT2D eigenvalue weighted by Gasteiger charge is 1.98. The van der Waals surface area contributed by atoms with Crippen LogP contribution < -0.4 is 4.57 Å². The van der Waals surface area contributed by atoms with E-state index in [2.05, 4.69) is 0 Å². The van der Waals surface area contributed by atoms with Crippen LogP contribution in [-0.2, 0) is 16.7 Å². The van der Waals surface area contributed by atoms with E-state index < -0.39 is 10.1 Å². The van der Waals surface area contributed by atoms with E-state index in [1.54, 1.807) is 4.57 Å². The summed E-state index contributed by atoms with van der Waals surface area (Å²) < 4.78 is 30.9. The average molecular weight is 214 g/mol. The lowest BCUT2D eigenvalue weighted by Crippen LogP contribution is -2.31. The predicted molar refractivity (Wildman–Crippen MR) is 52.1 cm³/mol. The van der Waals surface area contributed by atoms with Crippen molar-refractivity contribution in [3.05, 3.63) is 41.6 Å². The molecule has 0 aliphatic carbocycles. The number of hydrogen-bond donors (Lipinski definition) is 1. The molecule has 14 heavy (non-hydrogen) atoms. The lowest BCUT2D eigenvalue weighted by Gasteiger charge is -1.91. The number of aromatic nitrogens is 1. The third-order valence-electron chi connectivity index (χ3n) is 1.64. The monoisotopic (exact) mass is 214 g/mol. The van der Waals surface area contributed by atoms with Crippen LogP contribution in [0, 0.1) is 6.92 Å². The molecule has 0 radical (unpaired) electrons. The molecule has 0 aliphatic heterocycles. The summed E-state index contributed by atoms with van der Waals surface area (Å²) in [5.74, 6) is 0. The second-order valence-corrected chi connectivity index (χ2v) is 4.26. The van der Waals surface area contributed by atoms with Gasteiger partial charge in [0, 0.05) is 12.1 Å². The van der Waals surface area contributed by atoms with Crippen molar-refractivity contribution in [2.24, 2.45) is 0 Å². The highest BCUT2D eigenvalue weighted by atomic mass is 32.2. The van der Waals surface area contributed by atoms with Gasteiger partial charge in [-0.05, 0) is 18.6 Å². The fourth-order valence-corrected chi connectivity index (χ4v) is 1.27. The molecule has 0 atom stereocenters. The van der Waals surface area contributed by atoms with Crippen molar-refractivity contribution in [3.8, 4) is 0 Å². The van der Waals surface area contributed by atoms with Crippen molar-refractivity contribution in [3.63, 3.8) is 0 Å². The van der Waals surface area contributed by atoms with Crippen LogP contribution in [0.25, 0.3) is 0 Å². The van der Waals surface area contributed by atoms with Crippen molar-refractivity contribution >= 4 is 10.1 Å². The first-order valence-corrected chi connectivity index (χ1v) is 5.57. The molecule has 0 bridgehead atoms.